The van der Waals surface area contributed by atoms with Crippen molar-refractivity contribution in [2.24, 2.45) is 11.7 Å². The zero-order valence-corrected chi connectivity index (χ0v) is 10.7. The number of imidazole rings is 1. The topological polar surface area (TPSA) is 114 Å². The molecule has 1 heterocycles. The van der Waals surface area contributed by atoms with E-state index < -0.39 is 10.0 Å². The molecule has 4 N–H and O–H groups in total. The molecule has 1 atom stereocenters. The Morgan fingerprint density at radius 1 is 1.71 bits per heavy atom. The van der Waals surface area contributed by atoms with Crippen LogP contribution < -0.4 is 10.5 Å². The van der Waals surface area contributed by atoms with Gasteiger partial charge >= 0.3 is 0 Å². The fourth-order valence-electron chi connectivity index (χ4n) is 1.07. The Balaban J connectivity index is 2.72. The lowest BCUT2D eigenvalue weighted by Gasteiger charge is -2.09. The summed E-state index contributed by atoms with van der Waals surface area (Å²) in [6.45, 7) is 4.32. The molecule has 1 rings (SSSR count). The van der Waals surface area contributed by atoms with E-state index in [1.54, 1.807) is 11.5 Å². The lowest BCUT2D eigenvalue weighted by atomic mass is 10.2. The fourth-order valence-corrected chi connectivity index (χ4v) is 2.15. The number of nitrogens with one attached hydrogen (secondary N) is 2. The highest BCUT2D eigenvalue weighted by atomic mass is 32.2. The standard InChI is InChI=1S/C9H17N5O2S/c1-3-14-5-8(12-6-14)17(15,16)13-4-7(2)9(10)11/h5-7,13H,3-4H2,1-2H3,(H3,10,11). The highest BCUT2D eigenvalue weighted by Crippen LogP contribution is 2.05. The highest BCUT2D eigenvalue weighted by molar-refractivity contribution is 7.89. The molecule has 0 aromatic carbocycles. The van der Waals surface area contributed by atoms with Gasteiger partial charge in [-0.1, -0.05) is 6.92 Å². The smallest absolute Gasteiger partial charge is 0.259 e. The lowest BCUT2D eigenvalue weighted by Crippen LogP contribution is -2.34. The maximum absolute atomic E-state index is 11.8. The number of hydrogen-bond acceptors (Lipinski definition) is 4. The summed E-state index contributed by atoms with van der Waals surface area (Å²) in [4.78, 5) is 3.81. The Morgan fingerprint density at radius 3 is 2.82 bits per heavy atom. The molecule has 1 aromatic rings. The summed E-state index contributed by atoms with van der Waals surface area (Å²) < 4.78 is 27.6. The van der Waals surface area contributed by atoms with E-state index >= 15 is 0 Å². The largest absolute Gasteiger partial charge is 0.387 e. The zero-order valence-electron chi connectivity index (χ0n) is 9.84. The number of amidine groups is 1. The predicted octanol–water partition coefficient (Wildman–Crippen LogP) is -0.247. The van der Waals surface area contributed by atoms with Crippen molar-refractivity contribution in [3.05, 3.63) is 12.5 Å². The Kier molecular flexibility index (Phi) is 4.24. The van der Waals surface area contributed by atoms with Crippen LogP contribution in [-0.2, 0) is 16.6 Å². The van der Waals surface area contributed by atoms with Gasteiger partial charge in [-0.2, -0.15) is 0 Å². The first-order valence-corrected chi connectivity index (χ1v) is 6.70. The van der Waals surface area contributed by atoms with Crippen molar-refractivity contribution in [2.45, 2.75) is 25.4 Å². The van der Waals surface area contributed by atoms with Crippen LogP contribution in [0, 0.1) is 11.3 Å². The van der Waals surface area contributed by atoms with E-state index in [9.17, 15) is 8.42 Å². The molecule has 17 heavy (non-hydrogen) atoms. The van der Waals surface area contributed by atoms with E-state index in [-0.39, 0.29) is 23.3 Å². The molecule has 0 spiro atoms. The number of aromatic nitrogens is 2. The van der Waals surface area contributed by atoms with Gasteiger partial charge < -0.3 is 10.3 Å². The van der Waals surface area contributed by atoms with Crippen LogP contribution in [0.1, 0.15) is 13.8 Å². The summed E-state index contributed by atoms with van der Waals surface area (Å²) in [6.07, 6.45) is 2.92. The van der Waals surface area contributed by atoms with E-state index in [0.717, 1.165) is 0 Å². The van der Waals surface area contributed by atoms with Gasteiger partial charge in [0.2, 0.25) is 0 Å². The summed E-state index contributed by atoms with van der Waals surface area (Å²) in [5.74, 6) is -0.384. The van der Waals surface area contributed by atoms with Crippen LogP contribution in [0.25, 0.3) is 0 Å². The number of sulfonamides is 1. The number of aryl methyl sites for hydroxylation is 1. The fraction of sp³-hybridized carbons (Fsp3) is 0.556. The van der Waals surface area contributed by atoms with Crippen molar-refractivity contribution < 1.29 is 8.42 Å². The Morgan fingerprint density at radius 2 is 2.35 bits per heavy atom. The van der Waals surface area contributed by atoms with Crippen LogP contribution in [0.3, 0.4) is 0 Å². The minimum atomic E-state index is -3.61. The molecule has 1 aromatic heterocycles. The number of hydrogen-bond donors (Lipinski definition) is 3. The third kappa shape index (κ3) is 3.53. The molecule has 7 nitrogen and oxygen atoms in total. The van der Waals surface area contributed by atoms with Gasteiger partial charge in [-0.3, -0.25) is 5.41 Å². The maximum atomic E-state index is 11.8. The normalized spacial score (nSPS) is 13.5. The second-order valence-corrected chi connectivity index (χ2v) is 5.46. The van der Waals surface area contributed by atoms with Crippen LogP contribution in [0.15, 0.2) is 17.6 Å². The van der Waals surface area contributed by atoms with Crippen molar-refractivity contribution in [1.29, 1.82) is 5.41 Å². The number of nitrogens with two attached hydrogens (primary N) is 1. The second kappa shape index (κ2) is 5.28. The molecule has 96 valence electrons. The molecule has 0 aliphatic carbocycles. The van der Waals surface area contributed by atoms with Crippen LogP contribution in [-0.4, -0.2) is 30.3 Å². The van der Waals surface area contributed by atoms with Gasteiger partial charge in [0.05, 0.1) is 12.2 Å². The van der Waals surface area contributed by atoms with Crippen molar-refractivity contribution in [3.8, 4) is 0 Å². The molecule has 0 aliphatic rings. The molecule has 0 saturated carbocycles. The monoisotopic (exact) mass is 259 g/mol. The molecular formula is C9H17N5O2S. The Labute approximate surface area is 101 Å². The van der Waals surface area contributed by atoms with Crippen LogP contribution in [0.2, 0.25) is 0 Å². The molecular weight excluding hydrogens is 242 g/mol. The Hall–Kier alpha value is -1.41. The maximum Gasteiger partial charge on any atom is 0.259 e. The van der Waals surface area contributed by atoms with E-state index in [4.69, 9.17) is 11.1 Å². The summed E-state index contributed by atoms with van der Waals surface area (Å²) >= 11 is 0. The van der Waals surface area contributed by atoms with Gasteiger partial charge in [-0.25, -0.2) is 18.1 Å². The molecule has 8 heteroatoms. The molecule has 0 radical (unpaired) electrons. The molecule has 0 aliphatic heterocycles. The van der Waals surface area contributed by atoms with Gasteiger partial charge in [0.1, 0.15) is 0 Å². The van der Waals surface area contributed by atoms with Crippen LogP contribution in [0.4, 0.5) is 0 Å². The average Bonchev–Trinajstić information content (AvgIpc) is 2.75. The summed E-state index contributed by atoms with van der Waals surface area (Å²) in [5.41, 5.74) is 5.26. The third-order valence-electron chi connectivity index (χ3n) is 2.36. The predicted molar refractivity (Wildman–Crippen MR) is 64.2 cm³/mol. The van der Waals surface area contributed by atoms with E-state index in [0.29, 0.717) is 6.54 Å². The summed E-state index contributed by atoms with van der Waals surface area (Å²) in [7, 11) is -3.61. The van der Waals surface area contributed by atoms with Crippen LogP contribution in [0.5, 0.6) is 0 Å². The first-order valence-electron chi connectivity index (χ1n) is 5.22. The minimum Gasteiger partial charge on any atom is -0.387 e. The van der Waals surface area contributed by atoms with Crippen molar-refractivity contribution >= 4 is 15.9 Å². The minimum absolute atomic E-state index is 0.0184. The Bertz CT molecular complexity index is 493. The second-order valence-electron chi connectivity index (χ2n) is 3.75. The van der Waals surface area contributed by atoms with Gasteiger partial charge in [0, 0.05) is 25.2 Å². The van der Waals surface area contributed by atoms with E-state index in [2.05, 4.69) is 9.71 Å². The lowest BCUT2D eigenvalue weighted by molar-refractivity contribution is 0.571. The molecule has 0 fully saturated rings. The third-order valence-corrected chi connectivity index (χ3v) is 3.67. The first kappa shape index (κ1) is 13.7. The molecule has 0 bridgehead atoms. The summed E-state index contributed by atoms with van der Waals surface area (Å²) in [5, 5.41) is 7.15. The average molecular weight is 259 g/mol. The van der Waals surface area contributed by atoms with E-state index in [1.165, 1.54) is 12.5 Å². The summed E-state index contributed by atoms with van der Waals surface area (Å²) in [6, 6.07) is 0. The number of nitrogens with zero attached hydrogens (tertiary/aromatic N) is 2. The van der Waals surface area contributed by atoms with Crippen molar-refractivity contribution in [3.63, 3.8) is 0 Å². The van der Waals surface area contributed by atoms with Gasteiger partial charge in [-0.05, 0) is 6.92 Å². The van der Waals surface area contributed by atoms with Crippen molar-refractivity contribution in [2.75, 3.05) is 6.54 Å². The molecule has 0 amide bonds. The van der Waals surface area contributed by atoms with Crippen molar-refractivity contribution in [1.82, 2.24) is 14.3 Å². The van der Waals surface area contributed by atoms with Gasteiger partial charge in [-0.15, -0.1) is 0 Å². The zero-order chi connectivity index (χ0) is 13.1. The first-order chi connectivity index (χ1) is 7.86. The quantitative estimate of drug-likeness (QED) is 0.483. The SMILES string of the molecule is CCn1cnc(S(=O)(=O)NCC(C)C(=N)N)c1. The van der Waals surface area contributed by atoms with Crippen LogP contribution >= 0.6 is 0 Å². The molecule has 1 unspecified atom stereocenters. The van der Waals surface area contributed by atoms with Gasteiger partial charge in [0.15, 0.2) is 5.03 Å². The molecule has 0 saturated heterocycles. The number of rotatable bonds is 6. The highest BCUT2D eigenvalue weighted by Gasteiger charge is 2.18. The van der Waals surface area contributed by atoms with E-state index in [1.807, 2.05) is 6.92 Å². The van der Waals surface area contributed by atoms with Gasteiger partial charge in [0.25, 0.3) is 10.0 Å².